The van der Waals surface area contributed by atoms with E-state index < -0.39 is 0 Å². The van der Waals surface area contributed by atoms with Crippen LogP contribution in [0.1, 0.15) is 25.3 Å². The quantitative estimate of drug-likeness (QED) is 0.724. The second-order valence-corrected chi connectivity index (χ2v) is 6.71. The second kappa shape index (κ2) is 9.36. The highest BCUT2D eigenvalue weighted by Crippen LogP contribution is 2.18. The van der Waals surface area contributed by atoms with E-state index in [0.29, 0.717) is 12.2 Å². The molecular weight excluding hydrogens is 309 g/mol. The Morgan fingerprint density at radius 2 is 1.83 bits per heavy atom. The number of benzene rings is 2. The molecule has 0 radical (unpaired) electrons. The van der Waals surface area contributed by atoms with Crippen LogP contribution in [-0.4, -0.2) is 17.7 Å². The van der Waals surface area contributed by atoms with Crippen LogP contribution in [0.4, 0.5) is 4.39 Å². The average Bonchev–Trinajstić information content (AvgIpc) is 2.56. The smallest absolute Gasteiger partial charge is 0.221 e. The van der Waals surface area contributed by atoms with E-state index in [2.05, 4.69) is 17.4 Å². The molecule has 2 aromatic carbocycles. The molecule has 0 bridgehead atoms. The van der Waals surface area contributed by atoms with E-state index in [4.69, 9.17) is 0 Å². The van der Waals surface area contributed by atoms with Crippen LogP contribution in [0, 0.1) is 5.82 Å². The molecule has 1 atom stereocenters. The monoisotopic (exact) mass is 331 g/mol. The lowest BCUT2D eigenvalue weighted by atomic mass is 10.1. The molecule has 1 amide bonds. The summed E-state index contributed by atoms with van der Waals surface area (Å²) < 4.78 is 12.8. The van der Waals surface area contributed by atoms with Gasteiger partial charge in [0.1, 0.15) is 5.82 Å². The lowest BCUT2D eigenvalue weighted by Crippen LogP contribution is -2.33. The Balaban J connectivity index is 1.63. The van der Waals surface area contributed by atoms with E-state index >= 15 is 0 Å². The second-order valence-electron chi connectivity index (χ2n) is 5.55. The van der Waals surface area contributed by atoms with Gasteiger partial charge in [0, 0.05) is 23.1 Å². The van der Waals surface area contributed by atoms with Crippen molar-refractivity contribution in [2.75, 3.05) is 5.75 Å². The summed E-state index contributed by atoms with van der Waals surface area (Å²) in [6, 6.07) is 16.8. The number of nitrogens with one attached hydrogen (secondary N) is 1. The van der Waals surface area contributed by atoms with Crippen molar-refractivity contribution in [3.8, 4) is 0 Å². The fraction of sp³-hybridized carbons (Fsp3) is 0.316. The van der Waals surface area contributed by atoms with Crippen molar-refractivity contribution >= 4 is 17.7 Å². The molecule has 23 heavy (non-hydrogen) atoms. The van der Waals surface area contributed by atoms with E-state index in [1.54, 1.807) is 23.9 Å². The maximum Gasteiger partial charge on any atom is 0.221 e. The number of rotatable bonds is 8. The molecule has 0 heterocycles. The number of aryl methyl sites for hydroxylation is 1. The number of carbonyl (C=O) groups excluding carboxylic acids is 1. The Morgan fingerprint density at radius 3 is 2.52 bits per heavy atom. The maximum absolute atomic E-state index is 12.8. The lowest BCUT2D eigenvalue weighted by Gasteiger charge is -2.13. The summed E-state index contributed by atoms with van der Waals surface area (Å²) in [5, 5.41) is 3.03. The maximum atomic E-state index is 12.8. The summed E-state index contributed by atoms with van der Waals surface area (Å²) >= 11 is 1.57. The highest BCUT2D eigenvalue weighted by atomic mass is 32.2. The van der Waals surface area contributed by atoms with Crippen LogP contribution in [-0.2, 0) is 11.2 Å². The summed E-state index contributed by atoms with van der Waals surface area (Å²) in [6.07, 6.45) is 2.37. The lowest BCUT2D eigenvalue weighted by molar-refractivity contribution is -0.121. The molecule has 0 aliphatic rings. The molecule has 1 unspecified atom stereocenters. The van der Waals surface area contributed by atoms with Crippen LogP contribution in [0.5, 0.6) is 0 Å². The Bertz CT molecular complexity index is 601. The SMILES string of the molecule is CC(CCc1ccccc1)NC(=O)CCSc1ccc(F)cc1. The molecule has 0 saturated carbocycles. The zero-order valence-electron chi connectivity index (χ0n) is 13.3. The predicted molar refractivity (Wildman–Crippen MR) is 94.1 cm³/mol. The van der Waals surface area contributed by atoms with Gasteiger partial charge in [0.2, 0.25) is 5.91 Å². The molecule has 122 valence electrons. The van der Waals surface area contributed by atoms with Crippen molar-refractivity contribution in [1.29, 1.82) is 0 Å². The van der Waals surface area contributed by atoms with Gasteiger partial charge in [-0.15, -0.1) is 11.8 Å². The molecule has 2 aromatic rings. The number of hydrogen-bond acceptors (Lipinski definition) is 2. The number of carbonyl (C=O) groups is 1. The topological polar surface area (TPSA) is 29.1 Å². The van der Waals surface area contributed by atoms with Gasteiger partial charge in [-0.3, -0.25) is 4.79 Å². The van der Waals surface area contributed by atoms with E-state index in [1.807, 2.05) is 25.1 Å². The van der Waals surface area contributed by atoms with Crippen molar-refractivity contribution in [2.24, 2.45) is 0 Å². The van der Waals surface area contributed by atoms with Crippen LogP contribution in [0.3, 0.4) is 0 Å². The molecule has 0 spiro atoms. The van der Waals surface area contributed by atoms with Gasteiger partial charge in [0.25, 0.3) is 0 Å². The Morgan fingerprint density at radius 1 is 1.13 bits per heavy atom. The van der Waals surface area contributed by atoms with Gasteiger partial charge in [-0.05, 0) is 49.6 Å². The molecule has 2 rings (SSSR count). The van der Waals surface area contributed by atoms with Crippen LogP contribution >= 0.6 is 11.8 Å². The average molecular weight is 331 g/mol. The minimum Gasteiger partial charge on any atom is -0.354 e. The summed E-state index contributed by atoms with van der Waals surface area (Å²) in [7, 11) is 0. The van der Waals surface area contributed by atoms with Crippen molar-refractivity contribution in [3.63, 3.8) is 0 Å². The molecular formula is C19H22FNOS. The van der Waals surface area contributed by atoms with Gasteiger partial charge in [-0.25, -0.2) is 4.39 Å². The zero-order valence-corrected chi connectivity index (χ0v) is 14.1. The van der Waals surface area contributed by atoms with Gasteiger partial charge in [-0.2, -0.15) is 0 Å². The summed E-state index contributed by atoms with van der Waals surface area (Å²) in [6.45, 7) is 2.04. The number of hydrogen-bond donors (Lipinski definition) is 1. The van der Waals surface area contributed by atoms with Crippen molar-refractivity contribution in [2.45, 2.75) is 37.1 Å². The van der Waals surface area contributed by atoms with Gasteiger partial charge in [0.05, 0.1) is 0 Å². The zero-order chi connectivity index (χ0) is 16.5. The normalized spacial score (nSPS) is 11.9. The Kier molecular flexibility index (Phi) is 7.14. The van der Waals surface area contributed by atoms with E-state index in [0.717, 1.165) is 17.7 Å². The van der Waals surface area contributed by atoms with Gasteiger partial charge in [-0.1, -0.05) is 30.3 Å². The van der Waals surface area contributed by atoms with Gasteiger partial charge in [0.15, 0.2) is 0 Å². The molecule has 4 heteroatoms. The highest BCUT2D eigenvalue weighted by Gasteiger charge is 2.08. The molecule has 1 N–H and O–H groups in total. The largest absolute Gasteiger partial charge is 0.354 e. The predicted octanol–water partition coefficient (Wildman–Crippen LogP) is 4.45. The molecule has 0 fully saturated rings. The summed E-state index contributed by atoms with van der Waals surface area (Å²) in [5.74, 6) is 0.530. The molecule has 2 nitrogen and oxygen atoms in total. The minimum absolute atomic E-state index is 0.0696. The minimum atomic E-state index is -0.237. The standard InChI is InChI=1S/C19H22FNOS/c1-15(7-8-16-5-3-2-4-6-16)21-19(22)13-14-23-18-11-9-17(20)10-12-18/h2-6,9-12,15H,7-8,13-14H2,1H3,(H,21,22). The first-order valence-corrected chi connectivity index (χ1v) is 8.83. The third-order valence-corrected chi connectivity index (χ3v) is 4.54. The Hall–Kier alpha value is -1.81. The van der Waals surface area contributed by atoms with Crippen LogP contribution < -0.4 is 5.32 Å². The van der Waals surface area contributed by atoms with Crippen LogP contribution in [0.2, 0.25) is 0 Å². The van der Waals surface area contributed by atoms with Crippen LogP contribution in [0.25, 0.3) is 0 Å². The number of thioether (sulfide) groups is 1. The molecule has 0 saturated heterocycles. The molecule has 0 aromatic heterocycles. The number of halogens is 1. The fourth-order valence-corrected chi connectivity index (χ4v) is 3.09. The number of amides is 1. The third kappa shape index (κ3) is 6.87. The van der Waals surface area contributed by atoms with Crippen molar-refractivity contribution < 1.29 is 9.18 Å². The molecule has 0 aliphatic carbocycles. The van der Waals surface area contributed by atoms with E-state index in [-0.39, 0.29) is 17.8 Å². The van der Waals surface area contributed by atoms with Crippen molar-refractivity contribution in [3.05, 3.63) is 66.0 Å². The first-order valence-electron chi connectivity index (χ1n) is 7.85. The first kappa shape index (κ1) is 17.5. The Labute approximate surface area is 141 Å². The summed E-state index contributed by atoms with van der Waals surface area (Å²) in [5.41, 5.74) is 1.29. The fourth-order valence-electron chi connectivity index (χ4n) is 2.24. The first-order chi connectivity index (χ1) is 11.1. The third-order valence-electron chi connectivity index (χ3n) is 3.53. The van der Waals surface area contributed by atoms with Gasteiger partial charge >= 0.3 is 0 Å². The highest BCUT2D eigenvalue weighted by molar-refractivity contribution is 7.99. The summed E-state index contributed by atoms with van der Waals surface area (Å²) in [4.78, 5) is 12.9. The van der Waals surface area contributed by atoms with Crippen LogP contribution in [0.15, 0.2) is 59.5 Å². The van der Waals surface area contributed by atoms with E-state index in [9.17, 15) is 9.18 Å². The van der Waals surface area contributed by atoms with Crippen molar-refractivity contribution in [1.82, 2.24) is 5.32 Å². The van der Waals surface area contributed by atoms with Gasteiger partial charge < -0.3 is 5.32 Å². The molecule has 0 aliphatic heterocycles. The van der Waals surface area contributed by atoms with E-state index in [1.165, 1.54) is 17.7 Å².